The molecule has 3 heteroatoms. The Morgan fingerprint density at radius 2 is 2.18 bits per heavy atom. The number of benzene rings is 1. The molecule has 1 aromatic rings. The summed E-state index contributed by atoms with van der Waals surface area (Å²) >= 11 is 0. The van der Waals surface area contributed by atoms with Crippen LogP contribution in [0.25, 0.3) is 6.08 Å². The molecule has 1 aliphatic carbocycles. The predicted molar refractivity (Wildman–Crippen MR) is 75.5 cm³/mol. The topological polar surface area (TPSA) is 50.1 Å². The maximum atomic E-state index is 5.52. The van der Waals surface area contributed by atoms with Gasteiger partial charge in [0.15, 0.2) is 0 Å². The van der Waals surface area contributed by atoms with E-state index in [0.29, 0.717) is 12.6 Å². The highest BCUT2D eigenvalue weighted by Gasteiger charge is 2.12. The number of anilines is 2. The van der Waals surface area contributed by atoms with E-state index in [1.54, 1.807) is 0 Å². The average molecular weight is 231 g/mol. The lowest BCUT2D eigenvalue weighted by atomic mass is 10.1. The summed E-state index contributed by atoms with van der Waals surface area (Å²) in [6.07, 6.45) is 5.43. The van der Waals surface area contributed by atoms with Crippen molar-refractivity contribution < 1.29 is 0 Å². The van der Waals surface area contributed by atoms with Crippen LogP contribution in [0.3, 0.4) is 0 Å². The first kappa shape index (κ1) is 12.0. The minimum absolute atomic E-state index is 0.449. The first-order valence-corrected chi connectivity index (χ1v) is 6.24. The van der Waals surface area contributed by atoms with Crippen LogP contribution in [-0.2, 0) is 6.42 Å². The zero-order valence-electron chi connectivity index (χ0n) is 10.6. The number of hydrogen-bond acceptors (Lipinski definition) is 3. The fraction of sp³-hybridized carbons (Fsp3) is 0.429. The number of fused-ring (bicyclic) bond motifs is 1. The van der Waals surface area contributed by atoms with Crippen molar-refractivity contribution in [3.8, 4) is 0 Å². The van der Waals surface area contributed by atoms with Crippen LogP contribution < -0.4 is 16.4 Å². The maximum Gasteiger partial charge on any atom is 0.0404 e. The summed E-state index contributed by atoms with van der Waals surface area (Å²) < 4.78 is 0. The zero-order valence-corrected chi connectivity index (χ0v) is 10.6. The quantitative estimate of drug-likeness (QED) is 0.729. The molecule has 0 heterocycles. The van der Waals surface area contributed by atoms with E-state index < -0.39 is 0 Å². The summed E-state index contributed by atoms with van der Waals surface area (Å²) in [6, 6.07) is 4.83. The lowest BCUT2D eigenvalue weighted by molar-refractivity contribution is 0.896. The van der Waals surface area contributed by atoms with Gasteiger partial charge in [-0.05, 0) is 43.5 Å². The number of rotatable bonds is 5. The monoisotopic (exact) mass is 231 g/mol. The van der Waals surface area contributed by atoms with Crippen molar-refractivity contribution in [3.05, 3.63) is 29.3 Å². The van der Waals surface area contributed by atoms with Gasteiger partial charge in [-0.15, -0.1) is 0 Å². The Balaban J connectivity index is 2.27. The Hall–Kier alpha value is -1.48. The molecular formula is C14H21N3. The van der Waals surface area contributed by atoms with E-state index in [-0.39, 0.29) is 0 Å². The second kappa shape index (κ2) is 5.23. The Morgan fingerprint density at radius 3 is 2.88 bits per heavy atom. The third-order valence-electron chi connectivity index (χ3n) is 2.82. The first-order valence-electron chi connectivity index (χ1n) is 6.24. The third kappa shape index (κ3) is 2.80. The van der Waals surface area contributed by atoms with Crippen molar-refractivity contribution >= 4 is 17.5 Å². The van der Waals surface area contributed by atoms with Crippen LogP contribution in [0.15, 0.2) is 18.2 Å². The normalized spacial score (nSPS) is 12.9. The molecule has 17 heavy (non-hydrogen) atoms. The smallest absolute Gasteiger partial charge is 0.0404 e. The van der Waals surface area contributed by atoms with Crippen LogP contribution in [0.1, 0.15) is 25.0 Å². The van der Waals surface area contributed by atoms with Gasteiger partial charge in [0.25, 0.3) is 0 Å². The first-order chi connectivity index (χ1) is 8.20. The van der Waals surface area contributed by atoms with E-state index in [1.807, 2.05) is 0 Å². The van der Waals surface area contributed by atoms with E-state index in [9.17, 15) is 0 Å². The molecule has 0 aliphatic heterocycles. The van der Waals surface area contributed by atoms with Gasteiger partial charge in [-0.1, -0.05) is 12.2 Å². The summed E-state index contributed by atoms with van der Waals surface area (Å²) in [6.45, 7) is 5.78. The molecule has 1 aliphatic rings. The van der Waals surface area contributed by atoms with E-state index in [2.05, 4.69) is 48.8 Å². The van der Waals surface area contributed by atoms with Gasteiger partial charge in [-0.2, -0.15) is 0 Å². The Bertz CT molecular complexity index is 422. The third-order valence-corrected chi connectivity index (χ3v) is 2.82. The molecule has 2 rings (SSSR count). The van der Waals surface area contributed by atoms with E-state index >= 15 is 0 Å². The summed E-state index contributed by atoms with van der Waals surface area (Å²) in [5.74, 6) is 0. The molecule has 0 unspecified atom stereocenters. The van der Waals surface area contributed by atoms with Gasteiger partial charge in [0, 0.05) is 30.5 Å². The summed E-state index contributed by atoms with van der Waals surface area (Å²) in [5.41, 5.74) is 10.6. The largest absolute Gasteiger partial charge is 0.384 e. The van der Waals surface area contributed by atoms with Crippen LogP contribution in [0.2, 0.25) is 0 Å². The summed E-state index contributed by atoms with van der Waals surface area (Å²) in [4.78, 5) is 0. The highest BCUT2D eigenvalue weighted by Crippen LogP contribution is 2.31. The van der Waals surface area contributed by atoms with Gasteiger partial charge >= 0.3 is 0 Å². The molecule has 0 bridgehead atoms. The Morgan fingerprint density at radius 1 is 1.35 bits per heavy atom. The molecule has 4 N–H and O–H groups in total. The molecule has 0 aromatic heterocycles. The zero-order chi connectivity index (χ0) is 12.3. The van der Waals surface area contributed by atoms with Gasteiger partial charge in [-0.3, -0.25) is 0 Å². The van der Waals surface area contributed by atoms with Gasteiger partial charge in [0.1, 0.15) is 0 Å². The van der Waals surface area contributed by atoms with Gasteiger partial charge in [-0.25, -0.2) is 0 Å². The lowest BCUT2D eigenvalue weighted by Gasteiger charge is -2.17. The van der Waals surface area contributed by atoms with Crippen molar-refractivity contribution in [1.82, 2.24) is 0 Å². The fourth-order valence-corrected chi connectivity index (χ4v) is 2.13. The standard InChI is InChI=1S/C14H21N3/c1-10(2)17-14-9-12(16-7-6-15)8-11-4-3-5-13(11)14/h3-4,8-10,16-17H,5-7,15H2,1-2H3. The number of nitrogens with two attached hydrogens (primary N) is 1. The van der Waals surface area contributed by atoms with Crippen molar-refractivity contribution in [1.29, 1.82) is 0 Å². The highest BCUT2D eigenvalue weighted by molar-refractivity contribution is 5.75. The van der Waals surface area contributed by atoms with Crippen molar-refractivity contribution in [2.24, 2.45) is 5.73 Å². The van der Waals surface area contributed by atoms with Gasteiger partial charge < -0.3 is 16.4 Å². The van der Waals surface area contributed by atoms with E-state index in [0.717, 1.165) is 18.7 Å². The fourth-order valence-electron chi connectivity index (χ4n) is 2.13. The minimum atomic E-state index is 0.449. The maximum absolute atomic E-state index is 5.52. The Labute approximate surface area is 103 Å². The molecule has 0 atom stereocenters. The predicted octanol–water partition coefficient (Wildman–Crippen LogP) is 2.45. The SMILES string of the molecule is CC(C)Nc1cc(NCCN)cc2c1CC=C2. The molecule has 0 spiro atoms. The molecule has 0 amide bonds. The van der Waals surface area contributed by atoms with Crippen LogP contribution >= 0.6 is 0 Å². The van der Waals surface area contributed by atoms with Crippen molar-refractivity contribution in [2.45, 2.75) is 26.3 Å². The van der Waals surface area contributed by atoms with E-state index in [4.69, 9.17) is 5.73 Å². The number of hydrogen-bond donors (Lipinski definition) is 3. The number of nitrogens with one attached hydrogen (secondary N) is 2. The molecule has 3 nitrogen and oxygen atoms in total. The average Bonchev–Trinajstić information content (AvgIpc) is 2.73. The lowest BCUT2D eigenvalue weighted by Crippen LogP contribution is -2.15. The van der Waals surface area contributed by atoms with Crippen LogP contribution in [0.5, 0.6) is 0 Å². The Kier molecular flexibility index (Phi) is 3.69. The van der Waals surface area contributed by atoms with Crippen molar-refractivity contribution in [3.63, 3.8) is 0 Å². The molecule has 0 fully saturated rings. The number of allylic oxidation sites excluding steroid dienone is 1. The van der Waals surface area contributed by atoms with Crippen molar-refractivity contribution in [2.75, 3.05) is 23.7 Å². The summed E-state index contributed by atoms with van der Waals surface area (Å²) in [7, 11) is 0. The van der Waals surface area contributed by atoms with Gasteiger partial charge in [0.05, 0.1) is 0 Å². The molecular weight excluding hydrogens is 210 g/mol. The summed E-state index contributed by atoms with van der Waals surface area (Å²) in [5, 5.41) is 6.85. The van der Waals surface area contributed by atoms with Crippen LogP contribution in [-0.4, -0.2) is 19.1 Å². The molecule has 0 saturated heterocycles. The second-order valence-corrected chi connectivity index (χ2v) is 4.71. The van der Waals surface area contributed by atoms with Gasteiger partial charge in [0.2, 0.25) is 0 Å². The second-order valence-electron chi connectivity index (χ2n) is 4.71. The molecule has 1 aromatic carbocycles. The minimum Gasteiger partial charge on any atom is -0.384 e. The van der Waals surface area contributed by atoms with Crippen LogP contribution in [0, 0.1) is 0 Å². The molecule has 92 valence electrons. The highest BCUT2D eigenvalue weighted by atomic mass is 14.9. The molecule has 0 radical (unpaired) electrons. The van der Waals surface area contributed by atoms with E-state index in [1.165, 1.54) is 16.8 Å². The van der Waals surface area contributed by atoms with Crippen LogP contribution in [0.4, 0.5) is 11.4 Å². The molecule has 0 saturated carbocycles.